The van der Waals surface area contributed by atoms with Crippen molar-refractivity contribution in [3.8, 4) is 0 Å². The predicted octanol–water partition coefficient (Wildman–Crippen LogP) is 0.886. The molecular weight excluding hydrogens is 268 g/mol. The van der Waals surface area contributed by atoms with Gasteiger partial charge in [0, 0.05) is 12.3 Å². The monoisotopic (exact) mass is 290 g/mol. The van der Waals surface area contributed by atoms with Crippen molar-refractivity contribution in [1.29, 1.82) is 0 Å². The van der Waals surface area contributed by atoms with Gasteiger partial charge in [0.1, 0.15) is 6.04 Å². The standard InChI is InChI=1S/C16H22N2O3/c1-21-16(20)14(11-12-5-3-2-4-6-12)18-15(19)13-7-9-17-10-8-13/h2-6,13-14,17H,7-11H2,1H3,(H,18,19). The van der Waals surface area contributed by atoms with Crippen LogP contribution >= 0.6 is 0 Å². The lowest BCUT2D eigenvalue weighted by atomic mass is 9.96. The van der Waals surface area contributed by atoms with E-state index in [1.807, 2.05) is 30.3 Å². The van der Waals surface area contributed by atoms with Crippen molar-refractivity contribution in [2.45, 2.75) is 25.3 Å². The second kappa shape index (κ2) is 7.78. The molecular formula is C16H22N2O3. The third-order valence-corrected chi connectivity index (χ3v) is 3.79. The number of hydrogen-bond donors (Lipinski definition) is 2. The Hall–Kier alpha value is -1.88. The fourth-order valence-electron chi connectivity index (χ4n) is 2.56. The summed E-state index contributed by atoms with van der Waals surface area (Å²) < 4.78 is 4.81. The van der Waals surface area contributed by atoms with Gasteiger partial charge in [-0.05, 0) is 31.5 Å². The lowest BCUT2D eigenvalue weighted by Crippen LogP contribution is -2.47. The van der Waals surface area contributed by atoms with Crippen LogP contribution in [-0.4, -0.2) is 38.1 Å². The van der Waals surface area contributed by atoms with E-state index >= 15 is 0 Å². The smallest absolute Gasteiger partial charge is 0.328 e. The maximum atomic E-state index is 12.3. The summed E-state index contributed by atoms with van der Waals surface area (Å²) in [5.41, 5.74) is 0.999. The number of carbonyl (C=O) groups is 2. The molecule has 1 amide bonds. The number of hydrogen-bond acceptors (Lipinski definition) is 4. The van der Waals surface area contributed by atoms with Gasteiger partial charge in [-0.3, -0.25) is 4.79 Å². The molecule has 5 nitrogen and oxygen atoms in total. The van der Waals surface area contributed by atoms with Crippen LogP contribution in [0, 0.1) is 5.92 Å². The second-order valence-corrected chi connectivity index (χ2v) is 5.30. The van der Waals surface area contributed by atoms with Gasteiger partial charge in [-0.25, -0.2) is 4.79 Å². The molecule has 1 aliphatic heterocycles. The minimum atomic E-state index is -0.625. The number of benzene rings is 1. The van der Waals surface area contributed by atoms with E-state index in [9.17, 15) is 9.59 Å². The predicted molar refractivity (Wildman–Crippen MR) is 79.7 cm³/mol. The van der Waals surface area contributed by atoms with Crippen molar-refractivity contribution in [1.82, 2.24) is 10.6 Å². The second-order valence-electron chi connectivity index (χ2n) is 5.30. The quantitative estimate of drug-likeness (QED) is 0.790. The summed E-state index contributed by atoms with van der Waals surface area (Å²) in [4.78, 5) is 24.2. The van der Waals surface area contributed by atoms with E-state index in [0.29, 0.717) is 6.42 Å². The summed E-state index contributed by atoms with van der Waals surface area (Å²) in [6.45, 7) is 1.69. The highest BCUT2D eigenvalue weighted by Crippen LogP contribution is 2.13. The molecule has 0 radical (unpaired) electrons. The zero-order valence-corrected chi connectivity index (χ0v) is 12.3. The van der Waals surface area contributed by atoms with E-state index in [-0.39, 0.29) is 11.8 Å². The summed E-state index contributed by atoms with van der Waals surface area (Å²) in [6, 6.07) is 9.00. The van der Waals surface area contributed by atoms with Crippen LogP contribution in [0.3, 0.4) is 0 Å². The largest absolute Gasteiger partial charge is 0.467 e. The normalized spacial score (nSPS) is 17.0. The third-order valence-electron chi connectivity index (χ3n) is 3.79. The molecule has 0 saturated carbocycles. The minimum absolute atomic E-state index is 0.0193. The molecule has 1 aromatic rings. The molecule has 1 aliphatic rings. The Morgan fingerprint density at radius 2 is 1.95 bits per heavy atom. The van der Waals surface area contributed by atoms with E-state index < -0.39 is 12.0 Å². The highest BCUT2D eigenvalue weighted by molar-refractivity contribution is 5.86. The zero-order chi connectivity index (χ0) is 15.1. The Bertz CT molecular complexity index is 470. The van der Waals surface area contributed by atoms with Crippen LogP contribution in [0.2, 0.25) is 0 Å². The fourth-order valence-corrected chi connectivity index (χ4v) is 2.56. The van der Waals surface area contributed by atoms with Gasteiger partial charge < -0.3 is 15.4 Å². The van der Waals surface area contributed by atoms with Crippen LogP contribution in [0.5, 0.6) is 0 Å². The van der Waals surface area contributed by atoms with Gasteiger partial charge in [0.2, 0.25) is 5.91 Å². The number of methoxy groups -OCH3 is 1. The highest BCUT2D eigenvalue weighted by atomic mass is 16.5. The molecule has 114 valence electrons. The minimum Gasteiger partial charge on any atom is -0.467 e. The average molecular weight is 290 g/mol. The van der Waals surface area contributed by atoms with E-state index in [1.165, 1.54) is 7.11 Å². The van der Waals surface area contributed by atoms with Crippen LogP contribution < -0.4 is 10.6 Å². The molecule has 1 fully saturated rings. The van der Waals surface area contributed by atoms with Gasteiger partial charge in [0.05, 0.1) is 7.11 Å². The molecule has 0 bridgehead atoms. The van der Waals surface area contributed by atoms with Gasteiger partial charge in [0.25, 0.3) is 0 Å². The number of rotatable bonds is 5. The number of nitrogens with one attached hydrogen (secondary N) is 2. The summed E-state index contributed by atoms with van der Waals surface area (Å²) in [5, 5.41) is 6.07. The molecule has 1 saturated heterocycles. The van der Waals surface area contributed by atoms with Crippen molar-refractivity contribution in [3.05, 3.63) is 35.9 Å². The maximum Gasteiger partial charge on any atom is 0.328 e. The van der Waals surface area contributed by atoms with Crippen molar-refractivity contribution in [2.75, 3.05) is 20.2 Å². The lowest BCUT2D eigenvalue weighted by molar-refractivity contribution is -0.145. The first-order chi connectivity index (χ1) is 10.2. The number of ether oxygens (including phenoxy) is 1. The molecule has 1 unspecified atom stereocenters. The van der Waals surface area contributed by atoms with Crippen molar-refractivity contribution in [2.24, 2.45) is 5.92 Å². The first-order valence-corrected chi connectivity index (χ1v) is 7.33. The molecule has 21 heavy (non-hydrogen) atoms. The Morgan fingerprint density at radius 1 is 1.29 bits per heavy atom. The highest BCUT2D eigenvalue weighted by Gasteiger charge is 2.27. The number of carbonyl (C=O) groups excluding carboxylic acids is 2. The van der Waals surface area contributed by atoms with Gasteiger partial charge in [-0.2, -0.15) is 0 Å². The molecule has 0 spiro atoms. The summed E-state index contributed by atoms with van der Waals surface area (Å²) in [7, 11) is 1.34. The molecule has 2 N–H and O–H groups in total. The van der Waals surface area contributed by atoms with Crippen molar-refractivity contribution >= 4 is 11.9 Å². The molecule has 0 aliphatic carbocycles. The van der Waals surface area contributed by atoms with E-state index in [2.05, 4.69) is 10.6 Å². The first kappa shape index (κ1) is 15.5. The zero-order valence-electron chi connectivity index (χ0n) is 12.3. The van der Waals surface area contributed by atoms with E-state index in [0.717, 1.165) is 31.5 Å². The Labute approximate surface area is 125 Å². The van der Waals surface area contributed by atoms with Gasteiger partial charge in [0.15, 0.2) is 0 Å². The van der Waals surface area contributed by atoms with E-state index in [4.69, 9.17) is 4.74 Å². The van der Waals surface area contributed by atoms with Crippen molar-refractivity contribution in [3.63, 3.8) is 0 Å². The van der Waals surface area contributed by atoms with Crippen LogP contribution in [0.4, 0.5) is 0 Å². The molecule has 1 atom stereocenters. The SMILES string of the molecule is COC(=O)C(Cc1ccccc1)NC(=O)C1CCNCC1. The van der Waals surface area contributed by atoms with Gasteiger partial charge in [-0.15, -0.1) is 0 Å². The fraction of sp³-hybridized carbons (Fsp3) is 0.500. The Morgan fingerprint density at radius 3 is 2.57 bits per heavy atom. The summed E-state index contributed by atoms with van der Waals surface area (Å²) in [6.07, 6.45) is 2.07. The average Bonchev–Trinajstić information content (AvgIpc) is 2.55. The summed E-state index contributed by atoms with van der Waals surface area (Å²) in [5.74, 6) is -0.474. The van der Waals surface area contributed by atoms with Crippen LogP contribution in [0.1, 0.15) is 18.4 Å². The van der Waals surface area contributed by atoms with Gasteiger partial charge >= 0.3 is 5.97 Å². The Balaban J connectivity index is 1.99. The first-order valence-electron chi connectivity index (χ1n) is 7.33. The number of piperidine rings is 1. The van der Waals surface area contributed by atoms with Crippen molar-refractivity contribution < 1.29 is 14.3 Å². The Kier molecular flexibility index (Phi) is 5.75. The number of esters is 1. The molecule has 1 aromatic carbocycles. The topological polar surface area (TPSA) is 67.4 Å². The molecule has 5 heteroatoms. The molecule has 1 heterocycles. The van der Waals surface area contributed by atoms with Crippen LogP contribution in [-0.2, 0) is 20.7 Å². The number of amides is 1. The van der Waals surface area contributed by atoms with Crippen LogP contribution in [0.15, 0.2) is 30.3 Å². The van der Waals surface area contributed by atoms with Crippen LogP contribution in [0.25, 0.3) is 0 Å². The molecule has 0 aromatic heterocycles. The third kappa shape index (κ3) is 4.56. The lowest BCUT2D eigenvalue weighted by Gasteiger charge is -2.24. The van der Waals surface area contributed by atoms with Gasteiger partial charge in [-0.1, -0.05) is 30.3 Å². The van der Waals surface area contributed by atoms with E-state index in [1.54, 1.807) is 0 Å². The molecule has 2 rings (SSSR count). The maximum absolute atomic E-state index is 12.3. The summed E-state index contributed by atoms with van der Waals surface area (Å²) >= 11 is 0.